The molecule has 20 heavy (non-hydrogen) atoms. The van der Waals surface area contributed by atoms with E-state index < -0.39 is 0 Å². The lowest BCUT2D eigenvalue weighted by Crippen LogP contribution is -2.33. The Balaban J connectivity index is 1.86. The predicted octanol–water partition coefficient (Wildman–Crippen LogP) is 0.196. The van der Waals surface area contributed by atoms with E-state index in [2.05, 4.69) is 9.88 Å². The molecule has 2 unspecified atom stereocenters. The van der Waals surface area contributed by atoms with E-state index in [4.69, 9.17) is 5.73 Å². The minimum absolute atomic E-state index is 0.156. The standard InChI is InChI=1S/C14H22N4O2/c15-12-3-4-13(18-6-1-2-10(18)9-19)16-14(12)17-7-5-11(20)8-17/h3-4,10-11,19-20H,1-2,5-9,15H2. The van der Waals surface area contributed by atoms with E-state index in [0.29, 0.717) is 12.2 Å². The van der Waals surface area contributed by atoms with E-state index in [0.717, 1.165) is 44.0 Å². The molecule has 110 valence electrons. The van der Waals surface area contributed by atoms with Gasteiger partial charge in [-0.05, 0) is 31.4 Å². The average molecular weight is 278 g/mol. The highest BCUT2D eigenvalue weighted by Gasteiger charge is 2.27. The summed E-state index contributed by atoms with van der Waals surface area (Å²) in [6.45, 7) is 2.45. The molecule has 0 spiro atoms. The third-order valence-electron chi connectivity index (χ3n) is 4.24. The molecule has 6 nitrogen and oxygen atoms in total. The fraction of sp³-hybridized carbons (Fsp3) is 0.643. The van der Waals surface area contributed by atoms with Crippen molar-refractivity contribution in [2.75, 3.05) is 41.8 Å². The van der Waals surface area contributed by atoms with Gasteiger partial charge in [0.25, 0.3) is 0 Å². The highest BCUT2D eigenvalue weighted by Crippen LogP contribution is 2.30. The predicted molar refractivity (Wildman–Crippen MR) is 78.9 cm³/mol. The van der Waals surface area contributed by atoms with Crippen molar-refractivity contribution in [1.82, 2.24) is 4.98 Å². The molecule has 6 heteroatoms. The number of nitrogens with two attached hydrogens (primary N) is 1. The number of rotatable bonds is 3. The van der Waals surface area contributed by atoms with Gasteiger partial charge in [0.2, 0.25) is 0 Å². The number of pyridine rings is 1. The van der Waals surface area contributed by atoms with Gasteiger partial charge >= 0.3 is 0 Å². The van der Waals surface area contributed by atoms with E-state index in [1.807, 2.05) is 17.0 Å². The normalized spacial score (nSPS) is 26.5. The van der Waals surface area contributed by atoms with E-state index in [1.54, 1.807) is 0 Å². The molecule has 0 bridgehead atoms. The van der Waals surface area contributed by atoms with Crippen LogP contribution in [-0.4, -0.2) is 53.6 Å². The molecule has 0 amide bonds. The topological polar surface area (TPSA) is 85.8 Å². The van der Waals surface area contributed by atoms with Crippen LogP contribution in [0.5, 0.6) is 0 Å². The molecular weight excluding hydrogens is 256 g/mol. The number of aromatic nitrogens is 1. The zero-order valence-corrected chi connectivity index (χ0v) is 11.6. The second kappa shape index (κ2) is 5.46. The summed E-state index contributed by atoms with van der Waals surface area (Å²) in [5, 5.41) is 19.1. The average Bonchev–Trinajstić information content (AvgIpc) is 3.08. The van der Waals surface area contributed by atoms with Crippen LogP contribution >= 0.6 is 0 Å². The van der Waals surface area contributed by atoms with Gasteiger partial charge in [0, 0.05) is 19.6 Å². The number of aliphatic hydroxyl groups is 2. The maximum atomic E-state index is 9.66. The van der Waals surface area contributed by atoms with Crippen molar-refractivity contribution in [2.45, 2.75) is 31.4 Å². The Morgan fingerprint density at radius 3 is 2.85 bits per heavy atom. The summed E-state index contributed by atoms with van der Waals surface area (Å²) in [6.07, 6.45) is 2.54. The molecule has 2 atom stereocenters. The molecule has 2 fully saturated rings. The molecule has 3 heterocycles. The summed E-state index contributed by atoms with van der Waals surface area (Å²) in [7, 11) is 0. The quantitative estimate of drug-likeness (QED) is 0.732. The first-order valence-corrected chi connectivity index (χ1v) is 7.26. The summed E-state index contributed by atoms with van der Waals surface area (Å²) in [5.41, 5.74) is 6.67. The van der Waals surface area contributed by atoms with Crippen molar-refractivity contribution in [3.05, 3.63) is 12.1 Å². The van der Waals surface area contributed by atoms with Crippen LogP contribution in [0.25, 0.3) is 0 Å². The van der Waals surface area contributed by atoms with Crippen LogP contribution in [0.1, 0.15) is 19.3 Å². The molecule has 4 N–H and O–H groups in total. The number of nitrogens with zero attached hydrogens (tertiary/aromatic N) is 3. The van der Waals surface area contributed by atoms with E-state index >= 15 is 0 Å². The van der Waals surface area contributed by atoms with Crippen LogP contribution in [0, 0.1) is 0 Å². The first kappa shape index (κ1) is 13.5. The van der Waals surface area contributed by atoms with Crippen molar-refractivity contribution in [3.8, 4) is 0 Å². The molecule has 0 aliphatic carbocycles. The van der Waals surface area contributed by atoms with Gasteiger partial charge in [-0.2, -0.15) is 0 Å². The van der Waals surface area contributed by atoms with Crippen LogP contribution < -0.4 is 15.5 Å². The van der Waals surface area contributed by atoms with Crippen molar-refractivity contribution >= 4 is 17.3 Å². The van der Waals surface area contributed by atoms with Crippen molar-refractivity contribution in [1.29, 1.82) is 0 Å². The van der Waals surface area contributed by atoms with Gasteiger partial charge in [0.15, 0.2) is 5.82 Å². The Hall–Kier alpha value is -1.53. The number of hydrogen-bond acceptors (Lipinski definition) is 6. The maximum Gasteiger partial charge on any atom is 0.154 e. The van der Waals surface area contributed by atoms with Gasteiger partial charge in [0.1, 0.15) is 5.82 Å². The first-order chi connectivity index (χ1) is 9.69. The van der Waals surface area contributed by atoms with Gasteiger partial charge in [-0.15, -0.1) is 0 Å². The Labute approximate surface area is 118 Å². The molecule has 2 saturated heterocycles. The van der Waals surface area contributed by atoms with Gasteiger partial charge in [-0.25, -0.2) is 4.98 Å². The number of anilines is 3. The largest absolute Gasteiger partial charge is 0.396 e. The Morgan fingerprint density at radius 2 is 2.15 bits per heavy atom. The second-order valence-electron chi connectivity index (χ2n) is 5.64. The monoisotopic (exact) mass is 278 g/mol. The lowest BCUT2D eigenvalue weighted by Gasteiger charge is -2.26. The van der Waals surface area contributed by atoms with Gasteiger partial charge in [-0.1, -0.05) is 0 Å². The van der Waals surface area contributed by atoms with Gasteiger partial charge in [-0.3, -0.25) is 0 Å². The van der Waals surface area contributed by atoms with E-state index in [-0.39, 0.29) is 18.8 Å². The summed E-state index contributed by atoms with van der Waals surface area (Å²) in [4.78, 5) is 8.86. The zero-order valence-electron chi connectivity index (χ0n) is 11.6. The molecule has 3 rings (SSSR count). The highest BCUT2D eigenvalue weighted by molar-refractivity contribution is 5.67. The molecule has 0 radical (unpaired) electrons. The number of hydrogen-bond donors (Lipinski definition) is 3. The first-order valence-electron chi connectivity index (χ1n) is 7.26. The Bertz CT molecular complexity index is 482. The fourth-order valence-electron chi connectivity index (χ4n) is 3.12. The van der Waals surface area contributed by atoms with Crippen LogP contribution in [-0.2, 0) is 0 Å². The lowest BCUT2D eigenvalue weighted by molar-refractivity contribution is 0.198. The summed E-state index contributed by atoms with van der Waals surface area (Å²) in [6, 6.07) is 3.94. The van der Waals surface area contributed by atoms with Crippen LogP contribution in [0.4, 0.5) is 17.3 Å². The molecule has 1 aromatic rings. The van der Waals surface area contributed by atoms with Crippen LogP contribution in [0.2, 0.25) is 0 Å². The molecule has 0 aromatic carbocycles. The molecule has 2 aliphatic rings. The SMILES string of the molecule is Nc1ccc(N2CCCC2CO)nc1N1CCC(O)C1. The van der Waals surface area contributed by atoms with Crippen LogP contribution in [0.15, 0.2) is 12.1 Å². The maximum absolute atomic E-state index is 9.66. The number of aliphatic hydroxyl groups excluding tert-OH is 2. The van der Waals surface area contributed by atoms with E-state index in [9.17, 15) is 10.2 Å². The molecular formula is C14H22N4O2. The van der Waals surface area contributed by atoms with Crippen molar-refractivity contribution in [3.63, 3.8) is 0 Å². The third kappa shape index (κ3) is 2.41. The fourth-order valence-corrected chi connectivity index (χ4v) is 3.12. The summed E-state index contributed by atoms with van der Waals surface area (Å²) in [5.74, 6) is 1.62. The smallest absolute Gasteiger partial charge is 0.154 e. The number of nitrogen functional groups attached to an aromatic ring is 1. The molecule has 2 aliphatic heterocycles. The third-order valence-corrected chi connectivity index (χ3v) is 4.24. The lowest BCUT2D eigenvalue weighted by atomic mass is 10.2. The van der Waals surface area contributed by atoms with E-state index in [1.165, 1.54) is 0 Å². The Kier molecular flexibility index (Phi) is 3.67. The summed E-state index contributed by atoms with van der Waals surface area (Å²) < 4.78 is 0. The minimum atomic E-state index is -0.295. The zero-order chi connectivity index (χ0) is 14.1. The van der Waals surface area contributed by atoms with Gasteiger partial charge < -0.3 is 25.7 Å². The van der Waals surface area contributed by atoms with Gasteiger partial charge in [0.05, 0.1) is 24.4 Å². The second-order valence-corrected chi connectivity index (χ2v) is 5.64. The Morgan fingerprint density at radius 1 is 1.30 bits per heavy atom. The van der Waals surface area contributed by atoms with Crippen molar-refractivity contribution in [2.24, 2.45) is 0 Å². The van der Waals surface area contributed by atoms with Crippen LogP contribution in [0.3, 0.4) is 0 Å². The van der Waals surface area contributed by atoms with Crippen molar-refractivity contribution < 1.29 is 10.2 Å². The summed E-state index contributed by atoms with van der Waals surface area (Å²) >= 11 is 0. The minimum Gasteiger partial charge on any atom is -0.396 e. The highest BCUT2D eigenvalue weighted by atomic mass is 16.3. The molecule has 0 saturated carbocycles. The number of β-amino-alcohol motifs (C(OH)–C–C–N with tert-alkyl or cyclic N) is 1. The molecule has 1 aromatic heterocycles.